The van der Waals surface area contributed by atoms with Crippen molar-refractivity contribution in [3.63, 3.8) is 0 Å². The number of hydrogen-bond acceptors (Lipinski definition) is 3. The van der Waals surface area contributed by atoms with Gasteiger partial charge < -0.3 is 15.9 Å². The van der Waals surface area contributed by atoms with Crippen molar-refractivity contribution in [2.75, 3.05) is 0 Å². The Morgan fingerprint density at radius 2 is 1.62 bits per heavy atom. The van der Waals surface area contributed by atoms with Crippen LogP contribution in [0.5, 0.6) is 0 Å². The molecule has 0 amide bonds. The number of aliphatic hydroxyl groups excluding tert-OH is 1. The molecule has 4 heteroatoms. The van der Waals surface area contributed by atoms with E-state index in [2.05, 4.69) is 54.5 Å². The number of aliphatic carboxylic acids is 1. The van der Waals surface area contributed by atoms with Crippen molar-refractivity contribution in [1.82, 2.24) is 0 Å². The fourth-order valence-electron chi connectivity index (χ4n) is 10.8. The Labute approximate surface area is 207 Å². The van der Waals surface area contributed by atoms with E-state index in [0.717, 1.165) is 32.1 Å². The van der Waals surface area contributed by atoms with Crippen molar-refractivity contribution in [3.8, 4) is 0 Å². The van der Waals surface area contributed by atoms with Crippen LogP contribution in [0.1, 0.15) is 106 Å². The lowest BCUT2D eigenvalue weighted by atomic mass is 9.33. The van der Waals surface area contributed by atoms with Crippen LogP contribution in [0.3, 0.4) is 0 Å². The second kappa shape index (κ2) is 7.12. The third-order valence-corrected chi connectivity index (χ3v) is 13.2. The maximum absolute atomic E-state index is 12.8. The fourth-order valence-corrected chi connectivity index (χ4v) is 10.8. The van der Waals surface area contributed by atoms with Gasteiger partial charge in [-0.15, -0.1) is 0 Å². The van der Waals surface area contributed by atoms with E-state index in [-0.39, 0.29) is 39.0 Å². The van der Waals surface area contributed by atoms with E-state index in [4.69, 9.17) is 5.73 Å². The number of hydrogen-bond donors (Lipinski definition) is 3. The van der Waals surface area contributed by atoms with Gasteiger partial charge in [0.15, 0.2) is 0 Å². The second-order valence-electron chi connectivity index (χ2n) is 15.2. The van der Waals surface area contributed by atoms with Crippen LogP contribution in [-0.4, -0.2) is 28.3 Å². The van der Waals surface area contributed by atoms with Gasteiger partial charge >= 0.3 is 5.97 Å². The minimum absolute atomic E-state index is 0.0626. The Balaban J connectivity index is 1.63. The third kappa shape index (κ3) is 2.82. The van der Waals surface area contributed by atoms with E-state index in [0.29, 0.717) is 24.7 Å². The molecular formula is C30H49NO3. The van der Waals surface area contributed by atoms with Crippen molar-refractivity contribution in [2.24, 2.45) is 56.0 Å². The summed E-state index contributed by atoms with van der Waals surface area (Å²) in [5, 5.41) is 22.2. The van der Waals surface area contributed by atoms with Crippen molar-refractivity contribution in [1.29, 1.82) is 0 Å². The van der Waals surface area contributed by atoms with Gasteiger partial charge in [0, 0.05) is 6.04 Å². The Morgan fingerprint density at radius 1 is 0.941 bits per heavy atom. The Morgan fingerprint density at radius 3 is 2.26 bits per heavy atom. The van der Waals surface area contributed by atoms with Gasteiger partial charge in [-0.05, 0) is 103 Å². The predicted octanol–water partition coefficient (Wildman–Crippen LogP) is 6.17. The normalized spacial score (nSPS) is 53.4. The van der Waals surface area contributed by atoms with E-state index >= 15 is 0 Å². The van der Waals surface area contributed by atoms with E-state index in [1.165, 1.54) is 18.4 Å². The largest absolute Gasteiger partial charge is 0.481 e. The molecule has 192 valence electrons. The van der Waals surface area contributed by atoms with Crippen molar-refractivity contribution < 1.29 is 15.0 Å². The number of aliphatic hydroxyl groups is 1. The highest BCUT2D eigenvalue weighted by atomic mass is 16.4. The SMILES string of the molecule is CC1(C)CC[C@]2(C(=O)O)[C@H](O)C[C@]3(C)C(=CC[C@@H]4[C@@]5(C)CC[C@H](N)C(C)(C)[C@@H]5CC[C@]43C)[C@@H]2C1. The van der Waals surface area contributed by atoms with Gasteiger partial charge in [-0.2, -0.15) is 0 Å². The zero-order valence-electron chi connectivity index (χ0n) is 22.7. The predicted molar refractivity (Wildman–Crippen MR) is 136 cm³/mol. The highest BCUT2D eigenvalue weighted by Gasteiger charge is 2.71. The van der Waals surface area contributed by atoms with Crippen molar-refractivity contribution >= 4 is 5.97 Å². The molecule has 0 aliphatic heterocycles. The van der Waals surface area contributed by atoms with Crippen molar-refractivity contribution in [2.45, 2.75) is 118 Å². The summed E-state index contributed by atoms with van der Waals surface area (Å²) >= 11 is 0. The Kier molecular flexibility index (Phi) is 5.20. The van der Waals surface area contributed by atoms with Gasteiger partial charge in [0.25, 0.3) is 0 Å². The van der Waals surface area contributed by atoms with Gasteiger partial charge in [0.05, 0.1) is 6.10 Å². The fraction of sp³-hybridized carbons (Fsp3) is 0.900. The lowest BCUT2D eigenvalue weighted by Gasteiger charge is -2.71. The first kappa shape index (κ1) is 24.8. The van der Waals surface area contributed by atoms with Gasteiger partial charge in [0.1, 0.15) is 5.41 Å². The molecule has 0 aromatic carbocycles. The molecule has 9 atom stereocenters. The molecule has 0 aromatic rings. The Bertz CT molecular complexity index is 922. The molecule has 4 N–H and O–H groups in total. The summed E-state index contributed by atoms with van der Waals surface area (Å²) in [5.74, 6) is 0.303. The molecule has 0 saturated heterocycles. The van der Waals surface area contributed by atoms with Crippen LogP contribution in [0.15, 0.2) is 11.6 Å². The molecule has 5 rings (SSSR count). The van der Waals surface area contributed by atoms with Crippen LogP contribution >= 0.6 is 0 Å². The minimum Gasteiger partial charge on any atom is -0.481 e. The van der Waals surface area contributed by atoms with Crippen LogP contribution in [0.4, 0.5) is 0 Å². The summed E-state index contributed by atoms with van der Waals surface area (Å²) < 4.78 is 0. The maximum atomic E-state index is 12.8. The molecule has 5 aliphatic rings. The zero-order valence-corrected chi connectivity index (χ0v) is 22.7. The molecule has 0 aromatic heterocycles. The molecule has 0 radical (unpaired) electrons. The number of carboxylic acids is 1. The van der Waals surface area contributed by atoms with Crippen LogP contribution in [-0.2, 0) is 4.79 Å². The summed E-state index contributed by atoms with van der Waals surface area (Å²) in [7, 11) is 0. The topological polar surface area (TPSA) is 83.5 Å². The Hall–Kier alpha value is -0.870. The van der Waals surface area contributed by atoms with Gasteiger partial charge in [-0.3, -0.25) is 4.79 Å². The average Bonchev–Trinajstić information content (AvgIpc) is 2.71. The highest BCUT2D eigenvalue weighted by Crippen LogP contribution is 2.75. The molecule has 34 heavy (non-hydrogen) atoms. The maximum Gasteiger partial charge on any atom is 0.312 e. The first-order chi connectivity index (χ1) is 15.6. The molecule has 0 heterocycles. The lowest BCUT2D eigenvalue weighted by molar-refractivity contribution is -0.209. The van der Waals surface area contributed by atoms with E-state index in [1.807, 2.05) is 0 Å². The standard InChI is InChI=1S/C30H49NO3/c1-25(2)14-15-30(24(33)34)19(16-25)18-8-9-21-27(5)12-11-22(31)26(3,4)20(27)10-13-28(21,6)29(18,7)17-23(30)32/h8,19-23,32H,9-17,31H2,1-7H3,(H,33,34)/t19-,20-,21+,22-,23+,27-,28+,29+,30+/m0/s1. The van der Waals surface area contributed by atoms with Crippen LogP contribution < -0.4 is 5.73 Å². The molecular weight excluding hydrogens is 422 g/mol. The molecule has 0 spiro atoms. The molecule has 4 fully saturated rings. The number of nitrogens with two attached hydrogens (primary N) is 1. The monoisotopic (exact) mass is 471 g/mol. The van der Waals surface area contributed by atoms with Gasteiger partial charge in [0.2, 0.25) is 0 Å². The molecule has 0 unspecified atom stereocenters. The second-order valence-corrected chi connectivity index (χ2v) is 15.2. The quantitative estimate of drug-likeness (QED) is 0.399. The summed E-state index contributed by atoms with van der Waals surface area (Å²) in [6.45, 7) is 16.8. The number of allylic oxidation sites excluding steroid dienone is 2. The third-order valence-electron chi connectivity index (χ3n) is 13.2. The van der Waals surface area contributed by atoms with Crippen molar-refractivity contribution in [3.05, 3.63) is 11.6 Å². The molecule has 4 nitrogen and oxygen atoms in total. The lowest BCUT2D eigenvalue weighted by Crippen LogP contribution is -2.67. The van der Waals surface area contributed by atoms with Crippen LogP contribution in [0.2, 0.25) is 0 Å². The molecule has 0 bridgehead atoms. The van der Waals surface area contributed by atoms with Gasteiger partial charge in [-0.1, -0.05) is 60.1 Å². The minimum atomic E-state index is -1.02. The smallest absolute Gasteiger partial charge is 0.312 e. The molecule has 5 aliphatic carbocycles. The zero-order chi connectivity index (χ0) is 25.1. The highest BCUT2D eigenvalue weighted by molar-refractivity contribution is 5.77. The van der Waals surface area contributed by atoms with E-state index < -0.39 is 17.5 Å². The summed E-state index contributed by atoms with van der Waals surface area (Å²) in [5.41, 5.74) is 7.40. The average molecular weight is 472 g/mol. The summed E-state index contributed by atoms with van der Waals surface area (Å²) in [6, 6.07) is 0.261. The number of carbonyl (C=O) groups is 1. The van der Waals surface area contributed by atoms with Crippen LogP contribution in [0, 0.1) is 50.2 Å². The van der Waals surface area contributed by atoms with Crippen LogP contribution in [0.25, 0.3) is 0 Å². The van der Waals surface area contributed by atoms with Gasteiger partial charge in [-0.25, -0.2) is 0 Å². The number of rotatable bonds is 1. The number of carboxylic acid groups (broad SMARTS) is 1. The summed E-state index contributed by atoms with van der Waals surface area (Å²) in [4.78, 5) is 12.8. The first-order valence-corrected chi connectivity index (χ1v) is 13.9. The van der Waals surface area contributed by atoms with E-state index in [1.54, 1.807) is 0 Å². The molecule has 4 saturated carbocycles. The van der Waals surface area contributed by atoms with E-state index in [9.17, 15) is 15.0 Å². The first-order valence-electron chi connectivity index (χ1n) is 13.9. The number of fused-ring (bicyclic) bond motifs is 7. The summed E-state index contributed by atoms with van der Waals surface area (Å²) in [6.07, 6.45) is 10.2.